The summed E-state index contributed by atoms with van der Waals surface area (Å²) in [5.74, 6) is 0.446. The molecular weight excluding hydrogens is 248 g/mol. The minimum Gasteiger partial charge on any atom is -0.216 e. The first-order chi connectivity index (χ1) is 9.50. The van der Waals surface area contributed by atoms with Crippen molar-refractivity contribution < 1.29 is 0 Å². The van der Waals surface area contributed by atoms with Crippen molar-refractivity contribution in [2.75, 3.05) is 0 Å². The molecule has 1 aliphatic rings. The lowest BCUT2D eigenvalue weighted by Crippen LogP contribution is -2.11. The Kier molecular flexibility index (Phi) is 2.86. The van der Waals surface area contributed by atoms with Crippen LogP contribution in [0.3, 0.4) is 0 Å². The highest BCUT2D eigenvalue weighted by Gasteiger charge is 2.32. The number of hydrogen-bond donors (Lipinski definition) is 0. The van der Waals surface area contributed by atoms with E-state index in [0.29, 0.717) is 11.6 Å². The second-order valence-electron chi connectivity index (χ2n) is 6.42. The van der Waals surface area contributed by atoms with Crippen LogP contribution in [0.15, 0.2) is 24.3 Å². The zero-order chi connectivity index (χ0) is 14.3. The van der Waals surface area contributed by atoms with Crippen molar-refractivity contribution in [3.8, 4) is 11.8 Å². The number of nitriles is 1. The van der Waals surface area contributed by atoms with Gasteiger partial charge in [0, 0.05) is 5.92 Å². The first-order valence-corrected chi connectivity index (χ1v) is 6.97. The summed E-state index contributed by atoms with van der Waals surface area (Å²) >= 11 is 0. The molecule has 1 aromatic carbocycles. The number of nitrogens with zero attached hydrogens (tertiary/aromatic N) is 4. The van der Waals surface area contributed by atoms with Gasteiger partial charge >= 0.3 is 0 Å². The van der Waals surface area contributed by atoms with Crippen molar-refractivity contribution in [2.45, 2.75) is 44.9 Å². The molecule has 1 heterocycles. The molecule has 2 aromatic rings. The minimum atomic E-state index is 0.137. The molecule has 1 fully saturated rings. The summed E-state index contributed by atoms with van der Waals surface area (Å²) in [7, 11) is 0. The topological polar surface area (TPSA) is 54.5 Å². The fraction of sp³-hybridized carbons (Fsp3) is 0.438. The zero-order valence-electron chi connectivity index (χ0n) is 12.1. The average Bonchev–Trinajstić information content (AvgIpc) is 3.17. The first kappa shape index (κ1) is 12.9. The molecule has 1 aromatic heterocycles. The maximum absolute atomic E-state index is 9.14. The Hall–Kier alpha value is -2.15. The van der Waals surface area contributed by atoms with Gasteiger partial charge in [0.15, 0.2) is 5.69 Å². The third kappa shape index (κ3) is 2.20. The number of rotatable bonds is 2. The van der Waals surface area contributed by atoms with E-state index in [1.54, 1.807) is 0 Å². The standard InChI is InChI=1S/C16H18N4/c1-16(2,3)12-6-8-13(9-7-12)20-15(11-4-5-11)14(10-17)18-19-20/h6-9,11H,4-5H2,1-3H3. The van der Waals surface area contributed by atoms with Gasteiger partial charge in [0.2, 0.25) is 0 Å². The quantitative estimate of drug-likeness (QED) is 0.838. The molecule has 4 nitrogen and oxygen atoms in total. The Balaban J connectivity index is 2.02. The highest BCUT2D eigenvalue weighted by Crippen LogP contribution is 2.41. The van der Waals surface area contributed by atoms with Crippen LogP contribution in [-0.2, 0) is 5.41 Å². The maximum Gasteiger partial charge on any atom is 0.186 e. The van der Waals surface area contributed by atoms with Crippen LogP contribution in [0.4, 0.5) is 0 Å². The van der Waals surface area contributed by atoms with E-state index in [0.717, 1.165) is 24.2 Å². The number of aromatic nitrogens is 3. The van der Waals surface area contributed by atoms with Gasteiger partial charge in [-0.15, -0.1) is 5.10 Å². The molecule has 0 amide bonds. The van der Waals surface area contributed by atoms with Gasteiger partial charge in [-0.25, -0.2) is 4.68 Å². The van der Waals surface area contributed by atoms with Gasteiger partial charge in [-0.2, -0.15) is 5.26 Å². The maximum atomic E-state index is 9.14. The Morgan fingerprint density at radius 2 is 1.85 bits per heavy atom. The molecule has 20 heavy (non-hydrogen) atoms. The van der Waals surface area contributed by atoms with Crippen molar-refractivity contribution >= 4 is 0 Å². The monoisotopic (exact) mass is 266 g/mol. The van der Waals surface area contributed by atoms with E-state index < -0.39 is 0 Å². The summed E-state index contributed by atoms with van der Waals surface area (Å²) in [5.41, 5.74) is 3.84. The van der Waals surface area contributed by atoms with Gasteiger partial charge < -0.3 is 0 Å². The predicted octanol–water partition coefficient (Wildman–Crippen LogP) is 3.31. The lowest BCUT2D eigenvalue weighted by atomic mass is 9.87. The SMILES string of the molecule is CC(C)(C)c1ccc(-n2nnc(C#N)c2C2CC2)cc1. The van der Waals surface area contributed by atoms with E-state index in [2.05, 4.69) is 61.4 Å². The molecule has 0 unspecified atom stereocenters. The summed E-state index contributed by atoms with van der Waals surface area (Å²) in [4.78, 5) is 0. The van der Waals surface area contributed by atoms with Gasteiger partial charge in [-0.05, 0) is 36.0 Å². The average molecular weight is 266 g/mol. The summed E-state index contributed by atoms with van der Waals surface area (Å²) < 4.78 is 1.82. The van der Waals surface area contributed by atoms with Crippen LogP contribution in [0.1, 0.15) is 56.5 Å². The van der Waals surface area contributed by atoms with Gasteiger partial charge in [-0.3, -0.25) is 0 Å². The second-order valence-corrected chi connectivity index (χ2v) is 6.42. The van der Waals surface area contributed by atoms with Gasteiger partial charge in [0.25, 0.3) is 0 Å². The van der Waals surface area contributed by atoms with Crippen LogP contribution >= 0.6 is 0 Å². The van der Waals surface area contributed by atoms with E-state index in [1.165, 1.54) is 5.56 Å². The predicted molar refractivity (Wildman–Crippen MR) is 76.7 cm³/mol. The lowest BCUT2D eigenvalue weighted by molar-refractivity contribution is 0.590. The molecular formula is C16H18N4. The third-order valence-electron chi connectivity index (χ3n) is 3.75. The molecule has 0 N–H and O–H groups in total. The molecule has 0 saturated heterocycles. The smallest absolute Gasteiger partial charge is 0.186 e. The molecule has 1 saturated carbocycles. The van der Waals surface area contributed by atoms with Crippen LogP contribution in [0, 0.1) is 11.3 Å². The van der Waals surface area contributed by atoms with E-state index in [9.17, 15) is 0 Å². The molecule has 1 aliphatic carbocycles. The molecule has 0 aliphatic heterocycles. The largest absolute Gasteiger partial charge is 0.216 e. The zero-order valence-corrected chi connectivity index (χ0v) is 12.1. The van der Waals surface area contributed by atoms with Gasteiger partial charge in [0.05, 0.1) is 11.4 Å². The van der Waals surface area contributed by atoms with Crippen LogP contribution in [0.25, 0.3) is 5.69 Å². The van der Waals surface area contributed by atoms with Crippen molar-refractivity contribution in [1.82, 2.24) is 15.0 Å². The van der Waals surface area contributed by atoms with Gasteiger partial charge in [0.1, 0.15) is 6.07 Å². The molecule has 0 atom stereocenters. The minimum absolute atomic E-state index is 0.137. The van der Waals surface area contributed by atoms with Gasteiger partial charge in [-0.1, -0.05) is 38.1 Å². The molecule has 0 bridgehead atoms. The van der Waals surface area contributed by atoms with Crippen LogP contribution in [0.2, 0.25) is 0 Å². The Bertz CT molecular complexity index is 664. The summed E-state index contributed by atoms with van der Waals surface area (Å²) in [5, 5.41) is 17.3. The van der Waals surface area contributed by atoms with Crippen molar-refractivity contribution in [3.63, 3.8) is 0 Å². The molecule has 0 radical (unpaired) electrons. The second kappa shape index (κ2) is 4.45. The van der Waals surface area contributed by atoms with Crippen LogP contribution < -0.4 is 0 Å². The molecule has 3 rings (SSSR count). The Labute approximate surface area is 119 Å². The fourth-order valence-corrected chi connectivity index (χ4v) is 2.39. The van der Waals surface area contributed by atoms with Crippen molar-refractivity contribution in [1.29, 1.82) is 5.26 Å². The van der Waals surface area contributed by atoms with Crippen LogP contribution in [0.5, 0.6) is 0 Å². The number of hydrogen-bond acceptors (Lipinski definition) is 3. The number of benzene rings is 1. The third-order valence-corrected chi connectivity index (χ3v) is 3.75. The van der Waals surface area contributed by atoms with Crippen molar-refractivity contribution in [2.24, 2.45) is 0 Å². The summed E-state index contributed by atoms with van der Waals surface area (Å²) in [6.45, 7) is 6.59. The fourth-order valence-electron chi connectivity index (χ4n) is 2.39. The Morgan fingerprint density at radius 3 is 2.35 bits per heavy atom. The molecule has 0 spiro atoms. The highest BCUT2D eigenvalue weighted by molar-refractivity contribution is 5.41. The summed E-state index contributed by atoms with van der Waals surface area (Å²) in [6.07, 6.45) is 2.25. The van der Waals surface area contributed by atoms with Crippen molar-refractivity contribution in [3.05, 3.63) is 41.2 Å². The summed E-state index contributed by atoms with van der Waals surface area (Å²) in [6, 6.07) is 10.5. The highest BCUT2D eigenvalue weighted by atomic mass is 15.4. The molecule has 4 heteroatoms. The van der Waals surface area contributed by atoms with Crippen LogP contribution in [-0.4, -0.2) is 15.0 Å². The molecule has 102 valence electrons. The first-order valence-electron chi connectivity index (χ1n) is 6.97. The van der Waals surface area contributed by atoms with E-state index in [1.807, 2.05) is 4.68 Å². The van der Waals surface area contributed by atoms with E-state index in [4.69, 9.17) is 5.26 Å². The lowest BCUT2D eigenvalue weighted by Gasteiger charge is -2.19. The Morgan fingerprint density at radius 1 is 1.20 bits per heavy atom. The van der Waals surface area contributed by atoms with E-state index >= 15 is 0 Å². The normalized spacial score (nSPS) is 15.1. The van der Waals surface area contributed by atoms with E-state index in [-0.39, 0.29) is 5.41 Å².